The number of amides is 5. The molecule has 3 aliphatic heterocycles. The fraction of sp³-hybridized carbons (Fsp3) is 0.360. The molecular formula is C25H23F3N4O5. The highest BCUT2D eigenvalue weighted by Gasteiger charge is 2.40. The van der Waals surface area contributed by atoms with Crippen LogP contribution in [0.1, 0.15) is 45.8 Å². The van der Waals surface area contributed by atoms with Crippen molar-refractivity contribution in [3.63, 3.8) is 0 Å². The van der Waals surface area contributed by atoms with Gasteiger partial charge in [-0.2, -0.15) is 13.2 Å². The summed E-state index contributed by atoms with van der Waals surface area (Å²) < 4.78 is 44.9. The van der Waals surface area contributed by atoms with Crippen molar-refractivity contribution in [3.05, 3.63) is 58.7 Å². The number of methoxy groups -OCH3 is 1. The Morgan fingerprint density at radius 2 is 1.95 bits per heavy atom. The summed E-state index contributed by atoms with van der Waals surface area (Å²) in [5, 5.41) is 5.01. The van der Waals surface area contributed by atoms with Crippen LogP contribution in [0.4, 0.5) is 29.3 Å². The molecule has 1 fully saturated rings. The number of hydrogen-bond donors (Lipinski definition) is 2. The van der Waals surface area contributed by atoms with Crippen LogP contribution in [0.3, 0.4) is 0 Å². The van der Waals surface area contributed by atoms with E-state index in [2.05, 4.69) is 10.6 Å². The zero-order valence-electron chi connectivity index (χ0n) is 19.7. The molecule has 3 heterocycles. The Morgan fingerprint density at radius 3 is 2.65 bits per heavy atom. The summed E-state index contributed by atoms with van der Waals surface area (Å²) in [7, 11) is 1.44. The summed E-state index contributed by atoms with van der Waals surface area (Å²) >= 11 is 0. The molecule has 0 radical (unpaired) electrons. The molecule has 2 aromatic rings. The molecule has 5 rings (SSSR count). The van der Waals surface area contributed by atoms with Gasteiger partial charge in [-0.05, 0) is 53.9 Å². The van der Waals surface area contributed by atoms with Gasteiger partial charge < -0.3 is 15.0 Å². The number of nitrogens with zero attached hydrogens (tertiary/aromatic N) is 2. The van der Waals surface area contributed by atoms with Gasteiger partial charge in [-0.25, -0.2) is 4.79 Å². The minimum absolute atomic E-state index is 0.142. The molecule has 12 heteroatoms. The van der Waals surface area contributed by atoms with Crippen LogP contribution in [0.5, 0.6) is 0 Å². The van der Waals surface area contributed by atoms with Gasteiger partial charge in [0.1, 0.15) is 6.04 Å². The number of imide groups is 1. The van der Waals surface area contributed by atoms with Crippen molar-refractivity contribution in [1.82, 2.24) is 10.2 Å². The Bertz CT molecular complexity index is 1310. The van der Waals surface area contributed by atoms with Crippen LogP contribution in [0.25, 0.3) is 0 Å². The number of alkyl halides is 3. The van der Waals surface area contributed by atoms with E-state index in [9.17, 15) is 32.3 Å². The molecule has 0 saturated carbocycles. The lowest BCUT2D eigenvalue weighted by atomic mass is 10.00. The Labute approximate surface area is 209 Å². The normalized spacial score (nSPS) is 21.1. The predicted molar refractivity (Wildman–Crippen MR) is 125 cm³/mol. The highest BCUT2D eigenvalue weighted by molar-refractivity contribution is 6.06. The van der Waals surface area contributed by atoms with E-state index < -0.39 is 35.6 Å². The molecule has 1 saturated heterocycles. The van der Waals surface area contributed by atoms with Crippen LogP contribution >= 0.6 is 0 Å². The quantitative estimate of drug-likeness (QED) is 0.607. The molecule has 0 spiro atoms. The van der Waals surface area contributed by atoms with E-state index in [-0.39, 0.29) is 44.4 Å². The Morgan fingerprint density at radius 1 is 1.16 bits per heavy atom. The van der Waals surface area contributed by atoms with E-state index in [0.717, 1.165) is 12.1 Å². The minimum atomic E-state index is -4.51. The zero-order valence-corrected chi connectivity index (χ0v) is 19.7. The number of carbonyl (C=O) groups excluding carboxylic acids is 4. The number of hydrogen-bond acceptors (Lipinski definition) is 5. The number of urea groups is 1. The van der Waals surface area contributed by atoms with Gasteiger partial charge in [0.2, 0.25) is 11.8 Å². The van der Waals surface area contributed by atoms with Gasteiger partial charge in [0.25, 0.3) is 5.91 Å². The molecule has 9 nitrogen and oxygen atoms in total. The zero-order chi connectivity index (χ0) is 26.5. The van der Waals surface area contributed by atoms with Gasteiger partial charge in [-0.3, -0.25) is 24.6 Å². The predicted octanol–water partition coefficient (Wildman–Crippen LogP) is 3.25. The first-order valence-corrected chi connectivity index (χ1v) is 11.6. The molecule has 0 bridgehead atoms. The average Bonchev–Trinajstić information content (AvgIpc) is 3.36. The summed E-state index contributed by atoms with van der Waals surface area (Å²) in [6, 6.07) is 6.73. The van der Waals surface area contributed by atoms with Gasteiger partial charge in [0, 0.05) is 49.5 Å². The molecule has 5 amide bonds. The average molecular weight is 516 g/mol. The van der Waals surface area contributed by atoms with E-state index in [1.165, 1.54) is 23.0 Å². The number of halogens is 3. The first-order valence-electron chi connectivity index (χ1n) is 11.6. The van der Waals surface area contributed by atoms with Crippen molar-refractivity contribution in [2.45, 2.75) is 37.5 Å². The number of fused-ring (bicyclic) bond motifs is 2. The van der Waals surface area contributed by atoms with Crippen molar-refractivity contribution in [2.24, 2.45) is 0 Å². The molecule has 1 unspecified atom stereocenters. The highest BCUT2D eigenvalue weighted by Crippen LogP contribution is 2.41. The topological polar surface area (TPSA) is 108 Å². The van der Waals surface area contributed by atoms with Crippen LogP contribution in [0.15, 0.2) is 36.4 Å². The second kappa shape index (κ2) is 9.18. The van der Waals surface area contributed by atoms with Crippen molar-refractivity contribution in [1.29, 1.82) is 0 Å². The summed E-state index contributed by atoms with van der Waals surface area (Å²) in [5.74, 6) is -1.65. The standard InChI is InChI=1S/C25H23F3N4O5/c1-37-12-14-11-32(19-5-2-15(9-18(14)19)25(26,27)28)24(36)29-16-3-4-17-13(8-16)10-31(23(17)35)20-6-7-21(33)30-22(20)34/h2-5,8-9,14,20H,6-7,10-12H2,1H3,(H,29,36)(H,30,33,34)/t14-,20?/m1/s1. The fourth-order valence-corrected chi connectivity index (χ4v) is 5.10. The lowest BCUT2D eigenvalue weighted by Crippen LogP contribution is -2.52. The van der Waals surface area contributed by atoms with Crippen LogP contribution in [0.2, 0.25) is 0 Å². The molecule has 2 atom stereocenters. The first kappa shape index (κ1) is 24.8. The smallest absolute Gasteiger partial charge is 0.384 e. The number of anilines is 2. The number of rotatable bonds is 4. The number of nitrogens with one attached hydrogen (secondary N) is 2. The molecular weight excluding hydrogens is 493 g/mol. The van der Waals surface area contributed by atoms with Crippen LogP contribution in [0, 0.1) is 0 Å². The fourth-order valence-electron chi connectivity index (χ4n) is 5.10. The summed E-state index contributed by atoms with van der Waals surface area (Å²) in [4.78, 5) is 52.5. The third kappa shape index (κ3) is 4.52. The van der Waals surface area contributed by atoms with Gasteiger partial charge in [-0.15, -0.1) is 0 Å². The maximum absolute atomic E-state index is 13.2. The van der Waals surface area contributed by atoms with E-state index in [4.69, 9.17) is 4.74 Å². The molecule has 2 aromatic carbocycles. The maximum Gasteiger partial charge on any atom is 0.416 e. The number of benzene rings is 2. The summed E-state index contributed by atoms with van der Waals surface area (Å²) in [6.45, 7) is 0.436. The second-order valence-electron chi connectivity index (χ2n) is 9.24. The molecule has 194 valence electrons. The minimum Gasteiger partial charge on any atom is -0.384 e. The third-order valence-electron chi connectivity index (χ3n) is 6.88. The van der Waals surface area contributed by atoms with Crippen molar-refractivity contribution in [2.75, 3.05) is 30.5 Å². The second-order valence-corrected chi connectivity index (χ2v) is 9.24. The SMILES string of the molecule is COC[C@H]1CN(C(=O)Nc2ccc3c(c2)CN(C2CCC(=O)NC2=O)C3=O)c2ccc(C(F)(F)F)cc21. The molecule has 3 aliphatic rings. The summed E-state index contributed by atoms with van der Waals surface area (Å²) in [5.41, 5.74) is 1.36. The van der Waals surface area contributed by atoms with E-state index in [1.54, 1.807) is 18.2 Å². The third-order valence-corrected chi connectivity index (χ3v) is 6.88. The van der Waals surface area contributed by atoms with Crippen molar-refractivity contribution < 1.29 is 37.1 Å². The Kier molecular flexibility index (Phi) is 6.14. The van der Waals surface area contributed by atoms with E-state index in [0.29, 0.717) is 28.1 Å². The molecule has 0 aromatic heterocycles. The van der Waals surface area contributed by atoms with E-state index >= 15 is 0 Å². The van der Waals surface area contributed by atoms with Gasteiger partial charge in [0.05, 0.1) is 12.2 Å². The molecule has 37 heavy (non-hydrogen) atoms. The van der Waals surface area contributed by atoms with E-state index in [1.807, 2.05) is 0 Å². The lowest BCUT2D eigenvalue weighted by molar-refractivity contribution is -0.138. The molecule has 2 N–H and O–H groups in total. The van der Waals surface area contributed by atoms with Gasteiger partial charge in [0.15, 0.2) is 0 Å². The van der Waals surface area contributed by atoms with Crippen LogP contribution < -0.4 is 15.5 Å². The largest absolute Gasteiger partial charge is 0.416 e. The van der Waals surface area contributed by atoms with Gasteiger partial charge in [-0.1, -0.05) is 0 Å². The number of carbonyl (C=O) groups is 4. The Balaban J connectivity index is 1.34. The number of piperidine rings is 1. The first-order chi connectivity index (χ1) is 17.6. The van der Waals surface area contributed by atoms with Crippen molar-refractivity contribution in [3.8, 4) is 0 Å². The van der Waals surface area contributed by atoms with Crippen LogP contribution in [-0.2, 0) is 27.0 Å². The Hall–Kier alpha value is -3.93. The van der Waals surface area contributed by atoms with Crippen LogP contribution in [-0.4, -0.2) is 55.0 Å². The summed E-state index contributed by atoms with van der Waals surface area (Å²) in [6.07, 6.45) is -4.13. The lowest BCUT2D eigenvalue weighted by Gasteiger charge is -2.29. The number of ether oxygens (including phenoxy) is 1. The van der Waals surface area contributed by atoms with Gasteiger partial charge >= 0.3 is 12.2 Å². The monoisotopic (exact) mass is 516 g/mol. The van der Waals surface area contributed by atoms with Crippen molar-refractivity contribution >= 4 is 35.1 Å². The highest BCUT2D eigenvalue weighted by atomic mass is 19.4. The molecule has 0 aliphatic carbocycles. The maximum atomic E-state index is 13.2.